The Morgan fingerprint density at radius 2 is 1.94 bits per heavy atom. The first-order chi connectivity index (χ1) is 8.61. The van der Waals surface area contributed by atoms with Crippen LogP contribution in [0.4, 0.5) is 0 Å². The van der Waals surface area contributed by atoms with Gasteiger partial charge in [-0.05, 0) is 30.9 Å². The maximum Gasteiger partial charge on any atom is 0.0625 e. The van der Waals surface area contributed by atoms with E-state index in [1.165, 1.54) is 5.57 Å². The van der Waals surface area contributed by atoms with E-state index in [2.05, 4.69) is 36.6 Å². The Bertz CT molecular complexity index is 509. The lowest BCUT2D eigenvalue weighted by Crippen LogP contribution is -2.22. The summed E-state index contributed by atoms with van der Waals surface area (Å²) in [4.78, 5) is 2.09. The smallest absolute Gasteiger partial charge is 0.0625 e. The van der Waals surface area contributed by atoms with E-state index >= 15 is 0 Å². The zero-order chi connectivity index (χ0) is 13.1. The lowest BCUT2D eigenvalue weighted by molar-refractivity contribution is 0.584. The molecule has 1 aliphatic rings. The third-order valence-electron chi connectivity index (χ3n) is 3.39. The molecule has 0 amide bonds. The summed E-state index contributed by atoms with van der Waals surface area (Å²) in [5.74, 6) is 0. The Morgan fingerprint density at radius 3 is 2.56 bits per heavy atom. The predicted molar refractivity (Wildman–Crippen MR) is 77.4 cm³/mol. The van der Waals surface area contributed by atoms with Gasteiger partial charge < -0.3 is 10.6 Å². The molecule has 0 saturated heterocycles. The Labute approximate surface area is 109 Å². The molecule has 0 aromatic heterocycles. The van der Waals surface area contributed by atoms with Crippen molar-refractivity contribution in [2.75, 3.05) is 7.05 Å². The van der Waals surface area contributed by atoms with E-state index in [0.29, 0.717) is 0 Å². The van der Waals surface area contributed by atoms with Gasteiger partial charge in [0.15, 0.2) is 0 Å². The molecule has 0 unspecified atom stereocenters. The molecule has 0 atom stereocenters. The van der Waals surface area contributed by atoms with Crippen molar-refractivity contribution in [3.05, 3.63) is 65.5 Å². The molecule has 2 nitrogen and oxygen atoms in total. The SMILES string of the molecule is C=C(c1ccccc1)N(C)C1=C(N)CCC=C1C. The minimum Gasteiger partial charge on any atom is -0.400 e. The quantitative estimate of drug-likeness (QED) is 0.876. The van der Waals surface area contributed by atoms with Gasteiger partial charge in [-0.1, -0.05) is 43.0 Å². The van der Waals surface area contributed by atoms with Crippen LogP contribution < -0.4 is 5.73 Å². The van der Waals surface area contributed by atoms with Gasteiger partial charge in [-0.3, -0.25) is 0 Å². The molecule has 18 heavy (non-hydrogen) atoms. The number of likely N-dealkylation sites (N-methyl/N-ethyl adjacent to an activating group) is 1. The fraction of sp³-hybridized carbons (Fsp3) is 0.250. The molecule has 0 spiro atoms. The highest BCUT2D eigenvalue weighted by Crippen LogP contribution is 2.29. The highest BCUT2D eigenvalue weighted by molar-refractivity contribution is 5.64. The standard InChI is InChI=1S/C16H20N2/c1-12-8-7-11-15(17)16(12)18(3)13(2)14-9-5-4-6-10-14/h4-6,8-10H,2,7,11,17H2,1,3H3. The summed E-state index contributed by atoms with van der Waals surface area (Å²) in [6.07, 6.45) is 4.20. The molecule has 0 fully saturated rings. The molecule has 0 bridgehead atoms. The van der Waals surface area contributed by atoms with Crippen LogP contribution in [0.3, 0.4) is 0 Å². The second-order valence-corrected chi connectivity index (χ2v) is 4.67. The fourth-order valence-corrected chi connectivity index (χ4v) is 2.35. The van der Waals surface area contributed by atoms with Crippen LogP contribution in [0.1, 0.15) is 25.3 Å². The van der Waals surface area contributed by atoms with Crippen molar-refractivity contribution in [3.8, 4) is 0 Å². The maximum absolute atomic E-state index is 6.14. The van der Waals surface area contributed by atoms with Crippen molar-refractivity contribution in [2.24, 2.45) is 5.73 Å². The molecule has 1 aliphatic carbocycles. The molecule has 2 heteroatoms. The van der Waals surface area contributed by atoms with Gasteiger partial charge in [-0.15, -0.1) is 0 Å². The number of benzene rings is 1. The van der Waals surface area contributed by atoms with Gasteiger partial charge in [-0.25, -0.2) is 0 Å². The lowest BCUT2D eigenvalue weighted by atomic mass is 10.00. The van der Waals surface area contributed by atoms with Crippen LogP contribution in [0.15, 0.2) is 60.0 Å². The summed E-state index contributed by atoms with van der Waals surface area (Å²) in [6.45, 7) is 6.29. The second kappa shape index (κ2) is 5.13. The fourth-order valence-electron chi connectivity index (χ4n) is 2.35. The topological polar surface area (TPSA) is 29.3 Å². The zero-order valence-electron chi connectivity index (χ0n) is 11.1. The molecular weight excluding hydrogens is 220 g/mol. The Balaban J connectivity index is 2.30. The van der Waals surface area contributed by atoms with Crippen molar-refractivity contribution < 1.29 is 0 Å². The lowest BCUT2D eigenvalue weighted by Gasteiger charge is -2.29. The average Bonchev–Trinajstić information content (AvgIpc) is 2.38. The number of nitrogens with zero attached hydrogens (tertiary/aromatic N) is 1. The summed E-state index contributed by atoms with van der Waals surface area (Å²) in [6, 6.07) is 10.2. The highest BCUT2D eigenvalue weighted by Gasteiger charge is 2.17. The van der Waals surface area contributed by atoms with Crippen LogP contribution in [-0.4, -0.2) is 11.9 Å². The number of allylic oxidation sites excluding steroid dienone is 3. The second-order valence-electron chi connectivity index (χ2n) is 4.67. The van der Waals surface area contributed by atoms with Gasteiger partial charge in [0.05, 0.1) is 5.70 Å². The number of hydrogen-bond donors (Lipinski definition) is 1. The van der Waals surface area contributed by atoms with Gasteiger partial charge in [-0.2, -0.15) is 0 Å². The van der Waals surface area contributed by atoms with Crippen molar-refractivity contribution in [1.29, 1.82) is 0 Å². The van der Waals surface area contributed by atoms with E-state index < -0.39 is 0 Å². The minimum atomic E-state index is 0.930. The minimum absolute atomic E-state index is 0.930. The summed E-state index contributed by atoms with van der Waals surface area (Å²) < 4.78 is 0. The first kappa shape index (κ1) is 12.5. The molecule has 0 aliphatic heterocycles. The van der Waals surface area contributed by atoms with Crippen molar-refractivity contribution in [3.63, 3.8) is 0 Å². The monoisotopic (exact) mass is 240 g/mol. The Morgan fingerprint density at radius 1 is 1.28 bits per heavy atom. The third-order valence-corrected chi connectivity index (χ3v) is 3.39. The van der Waals surface area contributed by atoms with E-state index in [9.17, 15) is 0 Å². The molecular formula is C16H20N2. The van der Waals surface area contributed by atoms with Gasteiger partial charge in [0, 0.05) is 18.4 Å². The Hall–Kier alpha value is -1.96. The highest BCUT2D eigenvalue weighted by atomic mass is 15.1. The third kappa shape index (κ3) is 2.33. The van der Waals surface area contributed by atoms with Gasteiger partial charge >= 0.3 is 0 Å². The van der Waals surface area contributed by atoms with Gasteiger partial charge in [0.1, 0.15) is 0 Å². The first-order valence-electron chi connectivity index (χ1n) is 6.25. The predicted octanol–water partition coefficient (Wildman–Crippen LogP) is 3.50. The van der Waals surface area contributed by atoms with Crippen LogP contribution in [0.2, 0.25) is 0 Å². The van der Waals surface area contributed by atoms with E-state index in [1.807, 2.05) is 25.2 Å². The molecule has 0 radical (unpaired) electrons. The normalized spacial score (nSPS) is 15.3. The van der Waals surface area contributed by atoms with Crippen LogP contribution in [0.25, 0.3) is 5.70 Å². The van der Waals surface area contributed by atoms with Crippen molar-refractivity contribution in [2.45, 2.75) is 19.8 Å². The maximum atomic E-state index is 6.14. The first-order valence-corrected chi connectivity index (χ1v) is 6.25. The van der Waals surface area contributed by atoms with E-state index in [4.69, 9.17) is 5.73 Å². The number of nitrogens with two attached hydrogens (primary N) is 1. The van der Waals surface area contributed by atoms with Gasteiger partial charge in [0.2, 0.25) is 0 Å². The van der Waals surface area contributed by atoms with E-state index in [1.54, 1.807) is 0 Å². The molecule has 1 aromatic carbocycles. The molecule has 94 valence electrons. The number of rotatable bonds is 3. The van der Waals surface area contributed by atoms with Crippen molar-refractivity contribution in [1.82, 2.24) is 4.90 Å². The number of hydrogen-bond acceptors (Lipinski definition) is 2. The summed E-state index contributed by atoms with van der Waals surface area (Å²) in [7, 11) is 2.03. The Kier molecular flexibility index (Phi) is 3.56. The zero-order valence-corrected chi connectivity index (χ0v) is 11.1. The van der Waals surface area contributed by atoms with Crippen LogP contribution in [-0.2, 0) is 0 Å². The van der Waals surface area contributed by atoms with E-state index in [-0.39, 0.29) is 0 Å². The summed E-state index contributed by atoms with van der Waals surface area (Å²) in [5, 5.41) is 0. The van der Waals surface area contributed by atoms with E-state index in [0.717, 1.165) is 35.5 Å². The average molecular weight is 240 g/mol. The van der Waals surface area contributed by atoms with Crippen LogP contribution in [0.5, 0.6) is 0 Å². The van der Waals surface area contributed by atoms with Gasteiger partial charge in [0.25, 0.3) is 0 Å². The molecule has 0 heterocycles. The van der Waals surface area contributed by atoms with Crippen LogP contribution >= 0.6 is 0 Å². The molecule has 2 N–H and O–H groups in total. The summed E-state index contributed by atoms with van der Waals surface area (Å²) in [5.41, 5.74) is 11.5. The van der Waals surface area contributed by atoms with Crippen LogP contribution in [0, 0.1) is 0 Å². The molecule has 0 saturated carbocycles. The molecule has 1 aromatic rings. The summed E-state index contributed by atoms with van der Waals surface area (Å²) >= 11 is 0. The molecule has 2 rings (SSSR count). The largest absolute Gasteiger partial charge is 0.400 e. The van der Waals surface area contributed by atoms with Crippen molar-refractivity contribution >= 4 is 5.70 Å².